The van der Waals surface area contributed by atoms with Crippen LogP contribution in [0.1, 0.15) is 28.8 Å². The Morgan fingerprint density at radius 2 is 2.07 bits per heavy atom. The van der Waals surface area contributed by atoms with Gasteiger partial charge in [-0.15, -0.1) is 0 Å². The number of hydrogen-bond donors (Lipinski definition) is 1. The maximum absolute atomic E-state index is 12.5. The Labute approximate surface area is 161 Å². The molecule has 142 valence electrons. The van der Waals surface area contributed by atoms with E-state index in [0.717, 1.165) is 5.56 Å². The Hall–Kier alpha value is -2.52. The van der Waals surface area contributed by atoms with Gasteiger partial charge in [-0.3, -0.25) is 9.78 Å². The zero-order valence-corrected chi connectivity index (χ0v) is 16.2. The number of aromatic nitrogens is 3. The van der Waals surface area contributed by atoms with Gasteiger partial charge >= 0.3 is 0 Å². The fraction of sp³-hybridized carbons (Fsp3) is 0.389. The minimum Gasteiger partial charge on any atom is -0.494 e. The monoisotopic (exact) mass is 387 g/mol. The predicted molar refractivity (Wildman–Crippen MR) is 103 cm³/mol. The van der Waals surface area contributed by atoms with Crippen molar-refractivity contribution >= 4 is 22.7 Å². The fourth-order valence-corrected chi connectivity index (χ4v) is 3.90. The average Bonchev–Trinajstić information content (AvgIpc) is 2.68. The normalized spacial score (nSPS) is 22.2. The van der Waals surface area contributed by atoms with Gasteiger partial charge in [-0.1, -0.05) is 11.8 Å². The fourth-order valence-electron chi connectivity index (χ4n) is 2.87. The number of carbonyl (C=O) groups is 1. The number of nitrogens with two attached hydrogens (primary N) is 1. The highest BCUT2D eigenvalue weighted by atomic mass is 32.2. The van der Waals surface area contributed by atoms with E-state index in [2.05, 4.69) is 19.9 Å². The van der Waals surface area contributed by atoms with Crippen molar-refractivity contribution < 1.29 is 14.3 Å². The SMILES string of the molecule is COc1cnc(C(=O)Cc2ccnc([C@@]3(C)N=C(N)SCC3OC)c2)nc1. The number of nitrogens with zero attached hydrogens (tertiary/aromatic N) is 4. The van der Waals surface area contributed by atoms with Crippen LogP contribution in [0.15, 0.2) is 35.7 Å². The zero-order chi connectivity index (χ0) is 19.4. The Bertz CT molecular complexity index is 858. The van der Waals surface area contributed by atoms with E-state index in [4.69, 9.17) is 15.2 Å². The van der Waals surface area contributed by atoms with E-state index in [1.165, 1.54) is 31.3 Å². The molecule has 0 aliphatic carbocycles. The summed E-state index contributed by atoms with van der Waals surface area (Å²) < 4.78 is 10.6. The minimum absolute atomic E-state index is 0.145. The van der Waals surface area contributed by atoms with Gasteiger partial charge in [-0.2, -0.15) is 0 Å². The number of hydrogen-bond acceptors (Lipinski definition) is 9. The molecule has 0 bridgehead atoms. The van der Waals surface area contributed by atoms with Gasteiger partial charge in [0.15, 0.2) is 16.7 Å². The first-order valence-electron chi connectivity index (χ1n) is 8.32. The zero-order valence-electron chi connectivity index (χ0n) is 15.4. The number of carbonyl (C=O) groups excluding carboxylic acids is 1. The lowest BCUT2D eigenvalue weighted by Gasteiger charge is -2.36. The smallest absolute Gasteiger partial charge is 0.204 e. The van der Waals surface area contributed by atoms with Gasteiger partial charge < -0.3 is 15.2 Å². The van der Waals surface area contributed by atoms with E-state index in [9.17, 15) is 4.79 Å². The number of thioether (sulfide) groups is 1. The summed E-state index contributed by atoms with van der Waals surface area (Å²) in [6, 6.07) is 3.65. The number of amidine groups is 1. The summed E-state index contributed by atoms with van der Waals surface area (Å²) in [5.74, 6) is 1.14. The van der Waals surface area contributed by atoms with Crippen molar-refractivity contribution in [1.29, 1.82) is 0 Å². The summed E-state index contributed by atoms with van der Waals surface area (Å²) in [6.07, 6.45) is 4.60. The topological polar surface area (TPSA) is 113 Å². The van der Waals surface area contributed by atoms with Crippen LogP contribution in [0.5, 0.6) is 5.75 Å². The molecule has 2 aromatic rings. The van der Waals surface area contributed by atoms with E-state index in [1.54, 1.807) is 19.4 Å². The first kappa shape index (κ1) is 19.2. The van der Waals surface area contributed by atoms with Crippen molar-refractivity contribution in [1.82, 2.24) is 15.0 Å². The first-order chi connectivity index (χ1) is 13.0. The van der Waals surface area contributed by atoms with Crippen LogP contribution >= 0.6 is 11.8 Å². The number of ketones is 1. The molecule has 0 spiro atoms. The summed E-state index contributed by atoms with van der Waals surface area (Å²) in [5, 5.41) is 0.501. The van der Waals surface area contributed by atoms with E-state index in [-0.39, 0.29) is 24.1 Å². The molecule has 0 radical (unpaired) electrons. The number of methoxy groups -OCH3 is 2. The molecule has 2 N–H and O–H groups in total. The van der Waals surface area contributed by atoms with E-state index >= 15 is 0 Å². The van der Waals surface area contributed by atoms with Crippen molar-refractivity contribution in [3.05, 3.63) is 47.8 Å². The number of ether oxygens (including phenoxy) is 2. The summed E-state index contributed by atoms with van der Waals surface area (Å²) in [5.41, 5.74) is 6.73. The molecule has 1 unspecified atom stereocenters. The third-order valence-electron chi connectivity index (χ3n) is 4.46. The summed E-state index contributed by atoms with van der Waals surface area (Å²) >= 11 is 1.46. The van der Waals surface area contributed by atoms with Gasteiger partial charge in [0.1, 0.15) is 5.54 Å². The second kappa shape index (κ2) is 8.01. The van der Waals surface area contributed by atoms with E-state index < -0.39 is 5.54 Å². The highest BCUT2D eigenvalue weighted by Crippen LogP contribution is 2.36. The van der Waals surface area contributed by atoms with Gasteiger partial charge in [-0.25, -0.2) is 15.0 Å². The Kier molecular flexibility index (Phi) is 5.71. The second-order valence-electron chi connectivity index (χ2n) is 6.23. The number of pyridine rings is 1. The molecule has 3 rings (SSSR count). The van der Waals surface area contributed by atoms with Gasteiger partial charge in [0.2, 0.25) is 5.78 Å². The summed E-state index contributed by atoms with van der Waals surface area (Å²) in [6.45, 7) is 1.94. The second-order valence-corrected chi connectivity index (χ2v) is 7.27. The van der Waals surface area contributed by atoms with E-state index in [0.29, 0.717) is 22.4 Å². The first-order valence-corrected chi connectivity index (χ1v) is 9.30. The molecule has 0 amide bonds. The standard InChI is InChI=1S/C18H21N5O3S/c1-18(15(26-3)10-27-17(19)23-18)14-7-11(4-5-20-14)6-13(24)16-21-8-12(25-2)9-22-16/h4-5,7-9,15H,6,10H2,1-3H3,(H2,19,23)/t15?,18-/m1/s1. The molecule has 1 aliphatic rings. The maximum Gasteiger partial charge on any atom is 0.204 e. The summed E-state index contributed by atoms with van der Waals surface area (Å²) in [4.78, 5) is 29.6. The Morgan fingerprint density at radius 3 is 2.74 bits per heavy atom. The molecule has 2 atom stereocenters. The lowest BCUT2D eigenvalue weighted by Crippen LogP contribution is -2.44. The number of rotatable bonds is 6. The number of Topliss-reactive ketones (excluding diaryl/α,β-unsaturated/α-hetero) is 1. The van der Waals surface area contributed by atoms with Crippen LogP contribution in [0.3, 0.4) is 0 Å². The van der Waals surface area contributed by atoms with Gasteiger partial charge in [0.25, 0.3) is 0 Å². The van der Waals surface area contributed by atoms with Crippen molar-refractivity contribution in [2.75, 3.05) is 20.0 Å². The molecule has 0 saturated heterocycles. The molecular formula is C18H21N5O3S. The van der Waals surface area contributed by atoms with Crippen LogP contribution in [-0.4, -0.2) is 52.0 Å². The predicted octanol–water partition coefficient (Wildman–Crippen LogP) is 1.60. The summed E-state index contributed by atoms with van der Waals surface area (Å²) in [7, 11) is 3.17. The van der Waals surface area contributed by atoms with Crippen LogP contribution in [-0.2, 0) is 16.7 Å². The molecule has 3 heterocycles. The largest absolute Gasteiger partial charge is 0.494 e. The van der Waals surface area contributed by atoms with Crippen LogP contribution in [0.2, 0.25) is 0 Å². The van der Waals surface area contributed by atoms with E-state index in [1.807, 2.05) is 13.0 Å². The van der Waals surface area contributed by atoms with Crippen LogP contribution in [0.4, 0.5) is 0 Å². The maximum atomic E-state index is 12.5. The van der Waals surface area contributed by atoms with Crippen molar-refractivity contribution in [2.24, 2.45) is 10.7 Å². The molecule has 27 heavy (non-hydrogen) atoms. The molecule has 8 nitrogen and oxygen atoms in total. The van der Waals surface area contributed by atoms with Gasteiger partial charge in [0, 0.05) is 25.5 Å². The minimum atomic E-state index is -0.709. The number of aliphatic imine (C=N–C) groups is 1. The Balaban J connectivity index is 1.84. The van der Waals surface area contributed by atoms with Crippen molar-refractivity contribution in [2.45, 2.75) is 25.0 Å². The Morgan fingerprint density at radius 1 is 1.33 bits per heavy atom. The van der Waals surface area contributed by atoms with Crippen LogP contribution in [0, 0.1) is 0 Å². The molecule has 9 heteroatoms. The quantitative estimate of drug-likeness (QED) is 0.744. The van der Waals surface area contributed by atoms with Crippen LogP contribution < -0.4 is 10.5 Å². The third kappa shape index (κ3) is 4.09. The van der Waals surface area contributed by atoms with Crippen LogP contribution in [0.25, 0.3) is 0 Å². The van der Waals surface area contributed by atoms with Crippen molar-refractivity contribution in [3.63, 3.8) is 0 Å². The third-order valence-corrected chi connectivity index (χ3v) is 5.31. The molecule has 0 saturated carbocycles. The van der Waals surface area contributed by atoms with Gasteiger partial charge in [0.05, 0.1) is 31.3 Å². The molecular weight excluding hydrogens is 366 g/mol. The van der Waals surface area contributed by atoms with Crippen molar-refractivity contribution in [3.8, 4) is 5.75 Å². The highest BCUT2D eigenvalue weighted by Gasteiger charge is 2.40. The lowest BCUT2D eigenvalue weighted by molar-refractivity contribution is 0.0575. The molecule has 0 fully saturated rings. The average molecular weight is 387 g/mol. The molecule has 2 aromatic heterocycles. The highest BCUT2D eigenvalue weighted by molar-refractivity contribution is 8.13. The lowest BCUT2D eigenvalue weighted by atomic mass is 9.90. The van der Waals surface area contributed by atoms with Gasteiger partial charge in [-0.05, 0) is 24.6 Å². The molecule has 1 aliphatic heterocycles. The molecule has 0 aromatic carbocycles.